The Morgan fingerprint density at radius 2 is 2.15 bits per heavy atom. The summed E-state index contributed by atoms with van der Waals surface area (Å²) in [7, 11) is 0. The van der Waals surface area contributed by atoms with Gasteiger partial charge in [0.1, 0.15) is 5.84 Å². The van der Waals surface area contributed by atoms with Crippen LogP contribution in [0.25, 0.3) is 5.70 Å². The van der Waals surface area contributed by atoms with Crippen LogP contribution < -0.4 is 0 Å². The summed E-state index contributed by atoms with van der Waals surface area (Å²) in [6, 6.07) is 9.18. The number of aryl methyl sites for hydroxylation is 1. The van der Waals surface area contributed by atoms with Crippen molar-refractivity contribution in [3.63, 3.8) is 0 Å². The van der Waals surface area contributed by atoms with Gasteiger partial charge in [0.25, 0.3) is 0 Å². The summed E-state index contributed by atoms with van der Waals surface area (Å²) in [5, 5.41) is 0. The van der Waals surface area contributed by atoms with Gasteiger partial charge in [-0.3, -0.25) is 4.99 Å². The molecule has 0 bridgehead atoms. The van der Waals surface area contributed by atoms with E-state index in [0.29, 0.717) is 6.04 Å². The van der Waals surface area contributed by atoms with Gasteiger partial charge in [-0.15, -0.1) is 0 Å². The Morgan fingerprint density at radius 3 is 3.05 bits per heavy atom. The van der Waals surface area contributed by atoms with E-state index in [2.05, 4.69) is 36.1 Å². The number of amidine groups is 1. The number of fused-ring (bicyclic) bond motifs is 4. The van der Waals surface area contributed by atoms with Gasteiger partial charge in [-0.25, -0.2) is 4.99 Å². The molecule has 1 aliphatic carbocycles. The van der Waals surface area contributed by atoms with E-state index < -0.39 is 0 Å². The first-order valence-electron chi connectivity index (χ1n) is 7.57. The third-order valence-electron chi connectivity index (χ3n) is 4.57. The fraction of sp³-hybridized carbons (Fsp3) is 0.412. The van der Waals surface area contributed by atoms with Crippen LogP contribution in [0.15, 0.2) is 39.8 Å². The van der Waals surface area contributed by atoms with E-state index in [1.165, 1.54) is 29.0 Å². The van der Waals surface area contributed by atoms with Crippen molar-refractivity contribution in [3.8, 4) is 0 Å². The third-order valence-corrected chi connectivity index (χ3v) is 4.57. The molecule has 2 aliphatic heterocycles. The maximum absolute atomic E-state index is 4.80. The molecule has 4 rings (SSSR count). The molecule has 102 valence electrons. The summed E-state index contributed by atoms with van der Waals surface area (Å²) in [4.78, 5) is 11.9. The molecule has 0 radical (unpaired) electrons. The molecule has 1 unspecified atom stereocenters. The molecule has 0 N–H and O–H groups in total. The predicted octanol–water partition coefficient (Wildman–Crippen LogP) is 3.27. The van der Waals surface area contributed by atoms with E-state index in [1.807, 2.05) is 6.34 Å². The van der Waals surface area contributed by atoms with Crippen molar-refractivity contribution in [3.05, 3.63) is 41.0 Å². The lowest BCUT2D eigenvalue weighted by Crippen LogP contribution is -2.37. The number of rotatable bonds is 1. The highest BCUT2D eigenvalue weighted by molar-refractivity contribution is 6.13. The van der Waals surface area contributed by atoms with E-state index >= 15 is 0 Å². The molecule has 3 aliphatic rings. The highest BCUT2D eigenvalue weighted by Crippen LogP contribution is 2.36. The average Bonchev–Trinajstić information content (AvgIpc) is 2.82. The highest BCUT2D eigenvalue weighted by atomic mass is 15.3. The molecule has 0 fully saturated rings. The molecule has 1 aromatic carbocycles. The predicted molar refractivity (Wildman–Crippen MR) is 83.0 cm³/mol. The molecule has 3 nitrogen and oxygen atoms in total. The SMILES string of the molecule is CCC1CN=C2C3=C(N=CN21)c1ccccc1CCC3. The van der Waals surface area contributed by atoms with Crippen molar-refractivity contribution in [2.45, 2.75) is 38.6 Å². The first kappa shape index (κ1) is 11.9. The van der Waals surface area contributed by atoms with Gasteiger partial charge in [-0.1, -0.05) is 31.2 Å². The molecular weight excluding hydrogens is 246 g/mol. The zero-order valence-electron chi connectivity index (χ0n) is 11.8. The maximum atomic E-state index is 4.80. The minimum absolute atomic E-state index is 0.501. The summed E-state index contributed by atoms with van der Waals surface area (Å²) < 4.78 is 0. The normalized spacial score (nSPS) is 23.9. The highest BCUT2D eigenvalue weighted by Gasteiger charge is 2.33. The van der Waals surface area contributed by atoms with Crippen LogP contribution in [-0.4, -0.2) is 29.7 Å². The van der Waals surface area contributed by atoms with Crippen LogP contribution >= 0.6 is 0 Å². The van der Waals surface area contributed by atoms with Crippen molar-refractivity contribution in [2.24, 2.45) is 9.98 Å². The fourth-order valence-corrected chi connectivity index (χ4v) is 3.45. The second-order valence-electron chi connectivity index (χ2n) is 5.72. The Hall–Kier alpha value is -1.90. The Labute approximate surface area is 119 Å². The molecule has 1 atom stereocenters. The number of nitrogens with zero attached hydrogens (tertiary/aromatic N) is 3. The minimum Gasteiger partial charge on any atom is -0.312 e. The molecule has 3 heteroatoms. The van der Waals surface area contributed by atoms with Gasteiger partial charge in [0.15, 0.2) is 0 Å². The molecule has 0 amide bonds. The van der Waals surface area contributed by atoms with Crippen LogP contribution in [0.3, 0.4) is 0 Å². The van der Waals surface area contributed by atoms with Gasteiger partial charge in [0.05, 0.1) is 24.6 Å². The van der Waals surface area contributed by atoms with Crippen LogP contribution in [-0.2, 0) is 6.42 Å². The van der Waals surface area contributed by atoms with Crippen molar-refractivity contribution in [1.82, 2.24) is 4.90 Å². The second-order valence-corrected chi connectivity index (χ2v) is 5.72. The van der Waals surface area contributed by atoms with E-state index in [0.717, 1.165) is 31.5 Å². The first-order valence-corrected chi connectivity index (χ1v) is 7.57. The van der Waals surface area contributed by atoms with Crippen LogP contribution in [0.1, 0.15) is 37.3 Å². The summed E-state index contributed by atoms with van der Waals surface area (Å²) >= 11 is 0. The van der Waals surface area contributed by atoms with Gasteiger partial charge in [-0.05, 0) is 31.2 Å². The Kier molecular flexibility index (Phi) is 2.72. The van der Waals surface area contributed by atoms with Crippen molar-refractivity contribution in [1.29, 1.82) is 0 Å². The van der Waals surface area contributed by atoms with Gasteiger partial charge in [-0.2, -0.15) is 0 Å². The zero-order chi connectivity index (χ0) is 13.5. The van der Waals surface area contributed by atoms with Crippen molar-refractivity contribution >= 4 is 17.9 Å². The third kappa shape index (κ3) is 1.65. The van der Waals surface area contributed by atoms with Crippen LogP contribution in [0.5, 0.6) is 0 Å². The molecule has 0 spiro atoms. The van der Waals surface area contributed by atoms with Crippen LogP contribution in [0.2, 0.25) is 0 Å². The Morgan fingerprint density at radius 1 is 1.25 bits per heavy atom. The monoisotopic (exact) mass is 265 g/mol. The lowest BCUT2D eigenvalue weighted by atomic mass is 10.0. The van der Waals surface area contributed by atoms with Gasteiger partial charge in [0.2, 0.25) is 0 Å². The summed E-state index contributed by atoms with van der Waals surface area (Å²) in [6.45, 7) is 3.14. The molecule has 2 heterocycles. The minimum atomic E-state index is 0.501. The largest absolute Gasteiger partial charge is 0.312 e. The summed E-state index contributed by atoms with van der Waals surface area (Å²) in [6.07, 6.45) is 6.55. The lowest BCUT2D eigenvalue weighted by Gasteiger charge is -2.27. The van der Waals surface area contributed by atoms with E-state index in [4.69, 9.17) is 9.98 Å². The zero-order valence-corrected chi connectivity index (χ0v) is 11.8. The summed E-state index contributed by atoms with van der Waals surface area (Å²) in [5.74, 6) is 1.18. The molecule has 0 saturated carbocycles. The molecule has 1 aromatic rings. The number of aliphatic imine (C=N–C) groups is 2. The standard InChI is InChI=1S/C17H19N3/c1-2-13-10-18-17-15-9-5-7-12-6-3-4-8-14(12)16(15)19-11-20(13)17/h3-4,6,8,11,13H,2,5,7,9-10H2,1H3. The number of hydrogen-bond acceptors (Lipinski definition) is 3. The van der Waals surface area contributed by atoms with Gasteiger partial charge in [0, 0.05) is 11.1 Å². The van der Waals surface area contributed by atoms with Crippen molar-refractivity contribution in [2.75, 3.05) is 6.54 Å². The maximum Gasteiger partial charge on any atom is 0.134 e. The van der Waals surface area contributed by atoms with Gasteiger partial charge < -0.3 is 4.90 Å². The van der Waals surface area contributed by atoms with E-state index in [-0.39, 0.29) is 0 Å². The van der Waals surface area contributed by atoms with Crippen LogP contribution in [0, 0.1) is 0 Å². The Bertz CT molecular complexity index is 639. The van der Waals surface area contributed by atoms with Crippen LogP contribution in [0.4, 0.5) is 0 Å². The van der Waals surface area contributed by atoms with Gasteiger partial charge >= 0.3 is 0 Å². The first-order chi connectivity index (χ1) is 9.88. The second kappa shape index (κ2) is 4.58. The lowest BCUT2D eigenvalue weighted by molar-refractivity contribution is 0.471. The average molecular weight is 265 g/mol. The molecule has 20 heavy (non-hydrogen) atoms. The number of hydrogen-bond donors (Lipinski definition) is 0. The Balaban J connectivity index is 1.84. The fourth-order valence-electron chi connectivity index (χ4n) is 3.45. The molecular formula is C17H19N3. The smallest absolute Gasteiger partial charge is 0.134 e. The molecule has 0 aromatic heterocycles. The summed E-state index contributed by atoms with van der Waals surface area (Å²) in [5.41, 5.74) is 5.24. The quantitative estimate of drug-likeness (QED) is 0.766. The van der Waals surface area contributed by atoms with Crippen molar-refractivity contribution < 1.29 is 0 Å². The number of benzene rings is 1. The van der Waals surface area contributed by atoms with E-state index in [9.17, 15) is 0 Å². The topological polar surface area (TPSA) is 28.0 Å². The van der Waals surface area contributed by atoms with E-state index in [1.54, 1.807) is 0 Å². The molecule has 0 saturated heterocycles.